The Bertz CT molecular complexity index is 573. The number of aliphatic hydroxyl groups excluding tert-OH is 1. The van der Waals surface area contributed by atoms with Crippen LogP contribution in [0.15, 0.2) is 22.6 Å². The van der Waals surface area contributed by atoms with Gasteiger partial charge in [-0.1, -0.05) is 13.0 Å². The first kappa shape index (κ1) is 13.5. The Morgan fingerprint density at radius 2 is 2.32 bits per heavy atom. The highest BCUT2D eigenvalue weighted by atomic mass is 16.3. The number of amides is 1. The van der Waals surface area contributed by atoms with E-state index < -0.39 is 0 Å². The number of aromatic nitrogens is 1. The average molecular weight is 262 g/mol. The van der Waals surface area contributed by atoms with Crippen molar-refractivity contribution in [3.8, 4) is 0 Å². The van der Waals surface area contributed by atoms with Gasteiger partial charge < -0.3 is 14.8 Å². The number of aliphatic hydroxyl groups is 1. The summed E-state index contributed by atoms with van der Waals surface area (Å²) >= 11 is 0. The van der Waals surface area contributed by atoms with Crippen molar-refractivity contribution in [1.82, 2.24) is 10.3 Å². The Morgan fingerprint density at radius 3 is 3.00 bits per heavy atom. The summed E-state index contributed by atoms with van der Waals surface area (Å²) in [5.41, 5.74) is 2.48. The molecule has 1 aromatic heterocycles. The quantitative estimate of drug-likeness (QED) is 0.861. The molecule has 0 saturated carbocycles. The molecule has 2 rings (SSSR count). The summed E-state index contributed by atoms with van der Waals surface area (Å²) in [6, 6.07) is 5.65. The number of nitrogens with zero attached hydrogens (tertiary/aromatic N) is 1. The van der Waals surface area contributed by atoms with E-state index >= 15 is 0 Å². The average Bonchev–Trinajstić information content (AvgIpc) is 2.77. The maximum absolute atomic E-state index is 11.7. The molecule has 2 aromatic rings. The molecule has 0 aliphatic rings. The molecule has 2 N–H and O–H groups in total. The smallest absolute Gasteiger partial charge is 0.225 e. The van der Waals surface area contributed by atoms with E-state index in [1.165, 1.54) is 0 Å². The van der Waals surface area contributed by atoms with Crippen LogP contribution in [-0.2, 0) is 11.3 Å². The molecule has 1 heterocycles. The lowest BCUT2D eigenvalue weighted by atomic mass is 10.1. The number of carbonyl (C=O) groups excluding carboxylic acids is 1. The van der Waals surface area contributed by atoms with Crippen LogP contribution in [-0.4, -0.2) is 22.6 Å². The number of oxazole rings is 1. The molecule has 0 saturated heterocycles. The third-order valence-corrected chi connectivity index (χ3v) is 3.11. The SMILES string of the molecule is CCC(CO)C(=O)NCc1ccc2nc(C)oc2c1. The van der Waals surface area contributed by atoms with Gasteiger partial charge in [0.2, 0.25) is 5.91 Å². The minimum absolute atomic E-state index is 0.122. The van der Waals surface area contributed by atoms with Crippen molar-refractivity contribution >= 4 is 17.0 Å². The van der Waals surface area contributed by atoms with Crippen molar-refractivity contribution < 1.29 is 14.3 Å². The predicted molar refractivity (Wildman–Crippen MR) is 71.5 cm³/mol. The Balaban J connectivity index is 2.03. The number of aryl methyl sites for hydroxylation is 1. The van der Waals surface area contributed by atoms with Crippen molar-refractivity contribution in [1.29, 1.82) is 0 Å². The maximum Gasteiger partial charge on any atom is 0.225 e. The summed E-state index contributed by atoms with van der Waals surface area (Å²) in [5, 5.41) is 11.9. The second kappa shape index (κ2) is 5.84. The third kappa shape index (κ3) is 3.12. The van der Waals surface area contributed by atoms with E-state index in [-0.39, 0.29) is 18.4 Å². The highest BCUT2D eigenvalue weighted by Crippen LogP contribution is 2.16. The van der Waals surface area contributed by atoms with Crippen molar-refractivity contribution in [2.24, 2.45) is 5.92 Å². The number of benzene rings is 1. The van der Waals surface area contributed by atoms with Crippen LogP contribution in [0.2, 0.25) is 0 Å². The number of fused-ring (bicyclic) bond motifs is 1. The molecule has 0 aliphatic carbocycles. The van der Waals surface area contributed by atoms with E-state index in [4.69, 9.17) is 9.52 Å². The van der Waals surface area contributed by atoms with Crippen LogP contribution < -0.4 is 5.32 Å². The summed E-state index contributed by atoms with van der Waals surface area (Å²) in [5.74, 6) is 0.164. The lowest BCUT2D eigenvalue weighted by Crippen LogP contribution is -2.31. The van der Waals surface area contributed by atoms with Crippen molar-refractivity contribution in [3.05, 3.63) is 29.7 Å². The zero-order valence-corrected chi connectivity index (χ0v) is 11.1. The van der Waals surface area contributed by atoms with E-state index in [1.807, 2.05) is 25.1 Å². The molecule has 0 fully saturated rings. The summed E-state index contributed by atoms with van der Waals surface area (Å²) in [6.07, 6.45) is 0.628. The monoisotopic (exact) mass is 262 g/mol. The minimum atomic E-state index is -0.337. The highest BCUT2D eigenvalue weighted by Gasteiger charge is 2.14. The first-order valence-electron chi connectivity index (χ1n) is 6.38. The van der Waals surface area contributed by atoms with E-state index in [1.54, 1.807) is 6.92 Å². The predicted octanol–water partition coefficient (Wildman–Crippen LogP) is 1.77. The highest BCUT2D eigenvalue weighted by molar-refractivity contribution is 5.79. The van der Waals surface area contributed by atoms with Gasteiger partial charge >= 0.3 is 0 Å². The van der Waals surface area contributed by atoms with Crippen LogP contribution >= 0.6 is 0 Å². The van der Waals surface area contributed by atoms with E-state index in [0.29, 0.717) is 18.9 Å². The largest absolute Gasteiger partial charge is 0.441 e. The Kier molecular flexibility index (Phi) is 4.16. The van der Waals surface area contributed by atoms with Crippen LogP contribution in [0.4, 0.5) is 0 Å². The lowest BCUT2D eigenvalue weighted by molar-refractivity contribution is -0.126. The Morgan fingerprint density at radius 1 is 1.53 bits per heavy atom. The topological polar surface area (TPSA) is 75.4 Å². The van der Waals surface area contributed by atoms with E-state index in [9.17, 15) is 4.79 Å². The zero-order chi connectivity index (χ0) is 13.8. The van der Waals surface area contributed by atoms with Gasteiger partial charge in [-0.3, -0.25) is 4.79 Å². The maximum atomic E-state index is 11.7. The van der Waals surface area contributed by atoms with Gasteiger partial charge in [0.05, 0.1) is 12.5 Å². The molecule has 19 heavy (non-hydrogen) atoms. The van der Waals surface area contributed by atoms with Gasteiger partial charge in [-0.15, -0.1) is 0 Å². The van der Waals surface area contributed by atoms with Crippen LogP contribution in [0, 0.1) is 12.8 Å². The number of rotatable bonds is 5. The van der Waals surface area contributed by atoms with E-state index in [2.05, 4.69) is 10.3 Å². The number of carbonyl (C=O) groups is 1. The fourth-order valence-corrected chi connectivity index (χ4v) is 1.93. The molecule has 0 bridgehead atoms. The fourth-order valence-electron chi connectivity index (χ4n) is 1.93. The zero-order valence-electron chi connectivity index (χ0n) is 11.1. The standard InChI is InChI=1S/C14H18N2O3/c1-3-11(8-17)14(18)15-7-10-4-5-12-13(6-10)19-9(2)16-12/h4-6,11,17H,3,7-8H2,1-2H3,(H,15,18). The molecule has 102 valence electrons. The van der Waals surface area contributed by atoms with Crippen molar-refractivity contribution in [2.75, 3.05) is 6.61 Å². The first-order chi connectivity index (χ1) is 9.13. The molecule has 0 radical (unpaired) electrons. The molecule has 5 heteroatoms. The molecule has 1 unspecified atom stereocenters. The fraction of sp³-hybridized carbons (Fsp3) is 0.429. The van der Waals surface area contributed by atoms with Gasteiger partial charge in [0.25, 0.3) is 0 Å². The van der Waals surface area contributed by atoms with Gasteiger partial charge in [0, 0.05) is 13.5 Å². The van der Waals surface area contributed by atoms with Gasteiger partial charge in [0.1, 0.15) is 5.52 Å². The Labute approximate surface area is 111 Å². The van der Waals surface area contributed by atoms with Crippen LogP contribution in [0.5, 0.6) is 0 Å². The summed E-state index contributed by atoms with van der Waals surface area (Å²) in [4.78, 5) is 16.0. The molecule has 0 spiro atoms. The number of nitrogens with one attached hydrogen (secondary N) is 1. The van der Waals surface area contributed by atoms with Crippen molar-refractivity contribution in [2.45, 2.75) is 26.8 Å². The lowest BCUT2D eigenvalue weighted by Gasteiger charge is -2.11. The van der Waals surface area contributed by atoms with Crippen molar-refractivity contribution in [3.63, 3.8) is 0 Å². The van der Waals surface area contributed by atoms with E-state index in [0.717, 1.165) is 16.7 Å². The van der Waals surface area contributed by atoms with Crippen LogP contribution in [0.3, 0.4) is 0 Å². The van der Waals surface area contributed by atoms with Crippen LogP contribution in [0.1, 0.15) is 24.8 Å². The summed E-state index contributed by atoms with van der Waals surface area (Å²) < 4.78 is 5.44. The normalized spacial score (nSPS) is 12.6. The molecule has 1 atom stereocenters. The first-order valence-corrected chi connectivity index (χ1v) is 6.38. The second-order valence-corrected chi connectivity index (χ2v) is 4.54. The van der Waals surface area contributed by atoms with Gasteiger partial charge in [-0.25, -0.2) is 4.98 Å². The van der Waals surface area contributed by atoms with Gasteiger partial charge in [0.15, 0.2) is 11.5 Å². The number of hydrogen-bond acceptors (Lipinski definition) is 4. The Hall–Kier alpha value is -1.88. The summed E-state index contributed by atoms with van der Waals surface area (Å²) in [7, 11) is 0. The molecule has 1 amide bonds. The molecule has 1 aromatic carbocycles. The van der Waals surface area contributed by atoms with Gasteiger partial charge in [-0.2, -0.15) is 0 Å². The minimum Gasteiger partial charge on any atom is -0.441 e. The molecule has 0 aliphatic heterocycles. The molecular weight excluding hydrogens is 244 g/mol. The second-order valence-electron chi connectivity index (χ2n) is 4.54. The summed E-state index contributed by atoms with van der Waals surface area (Å²) in [6.45, 7) is 3.98. The molecular formula is C14H18N2O3. The number of hydrogen-bond donors (Lipinski definition) is 2. The van der Waals surface area contributed by atoms with Gasteiger partial charge in [-0.05, 0) is 24.1 Å². The molecule has 5 nitrogen and oxygen atoms in total. The third-order valence-electron chi connectivity index (χ3n) is 3.11. The van der Waals surface area contributed by atoms with Crippen LogP contribution in [0.25, 0.3) is 11.1 Å².